The summed E-state index contributed by atoms with van der Waals surface area (Å²) < 4.78 is 54.8. The fourth-order valence-corrected chi connectivity index (χ4v) is 6.98. The lowest BCUT2D eigenvalue weighted by molar-refractivity contribution is -0.143. The predicted molar refractivity (Wildman–Crippen MR) is 179 cm³/mol. The van der Waals surface area contributed by atoms with E-state index < -0.39 is 28.6 Å². The van der Waals surface area contributed by atoms with E-state index in [2.05, 4.69) is 5.32 Å². The van der Waals surface area contributed by atoms with Crippen molar-refractivity contribution < 1.29 is 41.7 Å². The molecule has 1 fully saturated rings. The number of carbonyl (C=O) groups excluding carboxylic acids is 2. The Bertz CT molecular complexity index is 1850. The van der Waals surface area contributed by atoms with Gasteiger partial charge in [-0.3, -0.25) is 9.59 Å². The minimum absolute atomic E-state index is 0.0971. The number of benzene rings is 4. The monoisotopic (exact) mass is 687 g/mol. The number of hydrogen-bond donors (Lipinski definition) is 1. The summed E-state index contributed by atoms with van der Waals surface area (Å²) in [5, 5.41) is 2.99. The molecule has 2 heterocycles. The number of methoxy groups -OCH3 is 1. The van der Waals surface area contributed by atoms with Crippen LogP contribution in [0.2, 0.25) is 0 Å². The van der Waals surface area contributed by atoms with Crippen LogP contribution in [-0.2, 0) is 37.4 Å². The summed E-state index contributed by atoms with van der Waals surface area (Å²) in [6, 6.07) is 26.7. The van der Waals surface area contributed by atoms with Crippen LogP contribution >= 0.6 is 0 Å². The van der Waals surface area contributed by atoms with Gasteiger partial charge in [0.15, 0.2) is 18.1 Å². The number of carbonyl (C=O) groups is 2. The van der Waals surface area contributed by atoms with Gasteiger partial charge in [-0.25, -0.2) is 8.42 Å². The van der Waals surface area contributed by atoms with E-state index in [1.165, 1.54) is 33.5 Å². The molecule has 0 spiro atoms. The molecule has 6 rings (SSSR count). The lowest BCUT2D eigenvalue weighted by Gasteiger charge is -2.31. The molecular formula is C36H37N3O9S. The SMILES string of the molecule is COc1ccc(CN(C(=O)COc2ccc(S(=O)(=O)N3CCOCC3)cc2)C(C(=O)NCc2ccc3c(c2)OCO3)c2ccccc2)cc1. The van der Waals surface area contributed by atoms with Gasteiger partial charge in [0.05, 0.1) is 25.2 Å². The molecule has 13 heteroatoms. The highest BCUT2D eigenvalue weighted by molar-refractivity contribution is 7.89. The largest absolute Gasteiger partial charge is 0.497 e. The Hall–Kier alpha value is -5.11. The van der Waals surface area contributed by atoms with Crippen molar-refractivity contribution >= 4 is 21.8 Å². The summed E-state index contributed by atoms with van der Waals surface area (Å²) in [6.07, 6.45) is 0. The first kappa shape index (κ1) is 33.8. The topological polar surface area (TPSA) is 133 Å². The van der Waals surface area contributed by atoms with Gasteiger partial charge in [0.25, 0.3) is 5.91 Å². The fourth-order valence-electron chi connectivity index (χ4n) is 5.57. The van der Waals surface area contributed by atoms with Crippen molar-refractivity contribution in [3.05, 3.63) is 114 Å². The third kappa shape index (κ3) is 8.13. The van der Waals surface area contributed by atoms with Crippen molar-refractivity contribution in [3.8, 4) is 23.0 Å². The number of hydrogen-bond acceptors (Lipinski definition) is 9. The fraction of sp³-hybridized carbons (Fsp3) is 0.278. The van der Waals surface area contributed by atoms with E-state index in [0.717, 1.165) is 11.1 Å². The maximum atomic E-state index is 14.0. The van der Waals surface area contributed by atoms with Gasteiger partial charge in [-0.05, 0) is 65.2 Å². The van der Waals surface area contributed by atoms with Crippen molar-refractivity contribution in [1.82, 2.24) is 14.5 Å². The lowest BCUT2D eigenvalue weighted by Crippen LogP contribution is -2.45. The standard InChI is InChI=1S/C36H37N3O9S/c1-44-29-10-7-26(8-11-29)23-39(34(40)24-46-30-12-14-31(15-13-30)49(42,43)38-17-19-45-20-18-38)35(28-5-3-2-4-6-28)36(41)37-22-27-9-16-32-33(21-27)48-25-47-32/h2-16,21,35H,17-20,22-25H2,1H3,(H,37,41). The molecule has 12 nitrogen and oxygen atoms in total. The normalized spacial score (nSPS) is 14.9. The molecule has 1 unspecified atom stereocenters. The number of sulfonamides is 1. The van der Waals surface area contributed by atoms with Crippen LogP contribution < -0.4 is 24.3 Å². The van der Waals surface area contributed by atoms with Crippen LogP contribution in [0.15, 0.2) is 102 Å². The van der Waals surface area contributed by atoms with Gasteiger partial charge in [0, 0.05) is 26.2 Å². The number of nitrogens with one attached hydrogen (secondary N) is 1. The molecule has 49 heavy (non-hydrogen) atoms. The number of fused-ring (bicyclic) bond motifs is 1. The second kappa shape index (κ2) is 15.4. The first-order valence-corrected chi connectivity index (χ1v) is 17.2. The second-order valence-corrected chi connectivity index (χ2v) is 13.3. The van der Waals surface area contributed by atoms with Crippen LogP contribution in [0.1, 0.15) is 22.7 Å². The Morgan fingerprint density at radius 2 is 1.53 bits per heavy atom. The van der Waals surface area contributed by atoms with E-state index in [-0.39, 0.29) is 43.8 Å². The maximum absolute atomic E-state index is 14.0. The molecule has 1 saturated heterocycles. The van der Waals surface area contributed by atoms with Gasteiger partial charge in [0.2, 0.25) is 22.7 Å². The van der Waals surface area contributed by atoms with Gasteiger partial charge in [-0.1, -0.05) is 48.5 Å². The molecule has 0 aromatic heterocycles. The Morgan fingerprint density at radius 3 is 2.24 bits per heavy atom. The Labute approximate surface area is 285 Å². The quantitative estimate of drug-likeness (QED) is 0.222. The average Bonchev–Trinajstić information content (AvgIpc) is 3.62. The smallest absolute Gasteiger partial charge is 0.261 e. The molecule has 0 saturated carbocycles. The van der Waals surface area contributed by atoms with Crippen LogP contribution in [0.25, 0.3) is 0 Å². The highest BCUT2D eigenvalue weighted by Crippen LogP contribution is 2.33. The summed E-state index contributed by atoms with van der Waals surface area (Å²) in [7, 11) is -2.12. The van der Waals surface area contributed by atoms with Crippen molar-refractivity contribution in [2.45, 2.75) is 24.0 Å². The molecule has 0 aliphatic carbocycles. The van der Waals surface area contributed by atoms with Crippen LogP contribution in [0.5, 0.6) is 23.0 Å². The Kier molecular flexibility index (Phi) is 10.6. The Balaban J connectivity index is 1.22. The lowest BCUT2D eigenvalue weighted by atomic mass is 10.0. The summed E-state index contributed by atoms with van der Waals surface area (Å²) >= 11 is 0. The van der Waals surface area contributed by atoms with Crippen LogP contribution in [0.3, 0.4) is 0 Å². The Morgan fingerprint density at radius 1 is 0.857 bits per heavy atom. The minimum atomic E-state index is -3.69. The summed E-state index contributed by atoms with van der Waals surface area (Å²) in [5.41, 5.74) is 2.20. The average molecular weight is 688 g/mol. The number of ether oxygens (including phenoxy) is 5. The van der Waals surface area contributed by atoms with E-state index in [4.69, 9.17) is 23.7 Å². The third-order valence-electron chi connectivity index (χ3n) is 8.21. The molecular weight excluding hydrogens is 650 g/mol. The van der Waals surface area contributed by atoms with Crippen LogP contribution in [0, 0.1) is 0 Å². The zero-order valence-corrected chi connectivity index (χ0v) is 27.8. The van der Waals surface area contributed by atoms with Gasteiger partial charge in [-0.2, -0.15) is 4.31 Å². The molecule has 4 aromatic rings. The first-order chi connectivity index (χ1) is 23.8. The first-order valence-electron chi connectivity index (χ1n) is 15.8. The number of amides is 2. The highest BCUT2D eigenvalue weighted by Gasteiger charge is 2.32. The van der Waals surface area contributed by atoms with Gasteiger partial charge in [0.1, 0.15) is 17.5 Å². The molecule has 2 aliphatic rings. The predicted octanol–water partition coefficient (Wildman–Crippen LogP) is 3.91. The van der Waals surface area contributed by atoms with E-state index in [1.54, 1.807) is 37.4 Å². The van der Waals surface area contributed by atoms with Gasteiger partial charge >= 0.3 is 0 Å². The molecule has 1 atom stereocenters. The van der Waals surface area contributed by atoms with E-state index in [0.29, 0.717) is 41.8 Å². The molecule has 2 aliphatic heterocycles. The number of nitrogens with zero attached hydrogens (tertiary/aromatic N) is 2. The second-order valence-electron chi connectivity index (χ2n) is 11.4. The van der Waals surface area contributed by atoms with Crippen molar-refractivity contribution in [2.24, 2.45) is 0 Å². The van der Waals surface area contributed by atoms with Crippen LogP contribution in [0.4, 0.5) is 0 Å². The summed E-state index contributed by atoms with van der Waals surface area (Å²) in [4.78, 5) is 29.7. The zero-order valence-electron chi connectivity index (χ0n) is 26.9. The third-order valence-corrected chi connectivity index (χ3v) is 10.1. The highest BCUT2D eigenvalue weighted by atomic mass is 32.2. The summed E-state index contributed by atoms with van der Waals surface area (Å²) in [5.74, 6) is 1.37. The minimum Gasteiger partial charge on any atom is -0.497 e. The van der Waals surface area contributed by atoms with Gasteiger partial charge < -0.3 is 33.9 Å². The zero-order chi connectivity index (χ0) is 34.2. The molecule has 2 amide bonds. The van der Waals surface area contributed by atoms with E-state index >= 15 is 0 Å². The molecule has 256 valence electrons. The maximum Gasteiger partial charge on any atom is 0.261 e. The van der Waals surface area contributed by atoms with E-state index in [9.17, 15) is 18.0 Å². The summed E-state index contributed by atoms with van der Waals surface area (Å²) in [6.45, 7) is 1.29. The van der Waals surface area contributed by atoms with Crippen molar-refractivity contribution in [1.29, 1.82) is 0 Å². The number of morpholine rings is 1. The van der Waals surface area contributed by atoms with Crippen molar-refractivity contribution in [3.63, 3.8) is 0 Å². The molecule has 0 bridgehead atoms. The van der Waals surface area contributed by atoms with Gasteiger partial charge in [-0.15, -0.1) is 0 Å². The van der Waals surface area contributed by atoms with Crippen LogP contribution in [-0.4, -0.2) is 76.3 Å². The van der Waals surface area contributed by atoms with Crippen molar-refractivity contribution in [2.75, 3.05) is 46.8 Å². The molecule has 4 aromatic carbocycles. The number of rotatable bonds is 13. The van der Waals surface area contributed by atoms with E-state index in [1.807, 2.05) is 42.5 Å². The molecule has 0 radical (unpaired) electrons. The molecule has 1 N–H and O–H groups in total.